The number of rotatable bonds is 12. The fourth-order valence-corrected chi connectivity index (χ4v) is 6.56. The molecular formula is C36H39ClF3N3O7S. The number of fused-ring (bicyclic) bond motifs is 2. The lowest BCUT2D eigenvalue weighted by atomic mass is 10.1. The van der Waals surface area contributed by atoms with E-state index in [1.54, 1.807) is 44.2 Å². The summed E-state index contributed by atoms with van der Waals surface area (Å²) >= 11 is 7.43. The van der Waals surface area contributed by atoms with Crippen molar-refractivity contribution >= 4 is 52.6 Å². The van der Waals surface area contributed by atoms with Gasteiger partial charge in [0.2, 0.25) is 0 Å². The molecule has 15 heteroatoms. The number of aliphatic carboxylic acids is 2. The third-order valence-corrected chi connectivity index (χ3v) is 9.34. The molecule has 0 aliphatic carbocycles. The third kappa shape index (κ3) is 11.9. The molecule has 2 heterocycles. The minimum absolute atomic E-state index is 0.276. The zero-order valence-electron chi connectivity index (χ0n) is 28.1. The molecule has 2 aliphatic rings. The number of hydrogen-bond donors (Lipinski definition) is 2. The number of nitrogens with zero attached hydrogens (tertiary/aromatic N) is 3. The standard InChI is InChI=1S/C32H35ClF3N3O3S.C4H4O4/c1-31(2,42-25-11-9-24(33)10-12-25)30(40)41-21-20-38-18-16-37(17-19-38)14-5-15-39-26-6-3-4-7-28(26)43-29-13-8-23(22-27(29)39)32(34,35)36;5-3(6)1-2-4(7)8/h3-4,6-13,22H,5,14-21H2,1-2H3;1-2H,(H,5,6)(H,7,8)/b;2-1+. The first-order valence-electron chi connectivity index (χ1n) is 16.1. The van der Waals surface area contributed by atoms with E-state index in [0.717, 1.165) is 60.7 Å². The Kier molecular flexibility index (Phi) is 13.8. The normalized spacial score (nSPS) is 15.0. The molecule has 0 saturated carbocycles. The number of anilines is 2. The Morgan fingerprint density at radius 2 is 1.41 bits per heavy atom. The summed E-state index contributed by atoms with van der Waals surface area (Å²) < 4.78 is 51.8. The molecule has 10 nitrogen and oxygen atoms in total. The van der Waals surface area contributed by atoms with Crippen LogP contribution in [0.5, 0.6) is 5.75 Å². The molecule has 0 bridgehead atoms. The number of carboxylic acid groups (broad SMARTS) is 2. The van der Waals surface area contributed by atoms with Crippen LogP contribution in [0.3, 0.4) is 0 Å². The number of carboxylic acids is 2. The molecule has 3 aromatic carbocycles. The Labute approximate surface area is 303 Å². The molecule has 0 unspecified atom stereocenters. The van der Waals surface area contributed by atoms with Crippen LogP contribution in [0.1, 0.15) is 25.8 Å². The smallest absolute Gasteiger partial charge is 0.416 e. The van der Waals surface area contributed by atoms with E-state index >= 15 is 0 Å². The molecule has 1 fully saturated rings. The Hall–Kier alpha value is -4.24. The maximum absolute atomic E-state index is 13.5. The molecule has 2 N–H and O–H groups in total. The first-order valence-corrected chi connectivity index (χ1v) is 17.3. The van der Waals surface area contributed by atoms with Crippen LogP contribution in [0.15, 0.2) is 88.7 Å². The summed E-state index contributed by atoms with van der Waals surface area (Å²) in [6, 6.07) is 18.7. The van der Waals surface area contributed by atoms with Gasteiger partial charge in [-0.25, -0.2) is 14.4 Å². The van der Waals surface area contributed by atoms with Crippen molar-refractivity contribution in [2.75, 3.05) is 57.3 Å². The summed E-state index contributed by atoms with van der Waals surface area (Å²) in [6.45, 7) is 9.19. The zero-order chi connectivity index (χ0) is 37.2. The predicted octanol–water partition coefficient (Wildman–Crippen LogP) is 7.08. The van der Waals surface area contributed by atoms with Gasteiger partial charge in [0.25, 0.3) is 0 Å². The highest BCUT2D eigenvalue weighted by Gasteiger charge is 2.34. The Bertz CT molecular complexity index is 1680. The van der Waals surface area contributed by atoms with Crippen molar-refractivity contribution in [3.05, 3.63) is 89.5 Å². The summed E-state index contributed by atoms with van der Waals surface area (Å²) in [4.78, 5) is 40.3. The molecule has 0 amide bonds. The number of alkyl halides is 3. The largest absolute Gasteiger partial charge is 0.478 e. The lowest BCUT2D eigenvalue weighted by molar-refractivity contribution is -0.159. The fourth-order valence-electron chi connectivity index (χ4n) is 5.36. The van der Waals surface area contributed by atoms with Crippen molar-refractivity contribution in [1.82, 2.24) is 9.80 Å². The van der Waals surface area contributed by atoms with Gasteiger partial charge in [0.15, 0.2) is 5.60 Å². The number of carbonyl (C=O) groups is 3. The third-order valence-electron chi connectivity index (χ3n) is 7.96. The number of piperazine rings is 1. The molecule has 1 saturated heterocycles. The topological polar surface area (TPSA) is 120 Å². The van der Waals surface area contributed by atoms with Gasteiger partial charge in [-0.1, -0.05) is 35.5 Å². The fraction of sp³-hybridized carbons (Fsp3) is 0.361. The molecule has 0 atom stereocenters. The maximum atomic E-state index is 13.5. The van der Waals surface area contributed by atoms with Crippen molar-refractivity contribution in [1.29, 1.82) is 0 Å². The number of ether oxygens (including phenoxy) is 2. The average molecular weight is 750 g/mol. The maximum Gasteiger partial charge on any atom is 0.416 e. The van der Waals surface area contributed by atoms with Gasteiger partial charge in [0.05, 0.1) is 16.9 Å². The predicted molar refractivity (Wildman–Crippen MR) is 188 cm³/mol. The lowest BCUT2D eigenvalue weighted by Gasteiger charge is -2.36. The van der Waals surface area contributed by atoms with Crippen molar-refractivity contribution < 1.29 is 47.2 Å². The second-order valence-corrected chi connectivity index (χ2v) is 13.7. The van der Waals surface area contributed by atoms with Gasteiger partial charge in [0.1, 0.15) is 12.4 Å². The van der Waals surface area contributed by atoms with E-state index in [1.165, 1.54) is 17.8 Å². The minimum Gasteiger partial charge on any atom is -0.478 e. The number of halogens is 4. The highest BCUT2D eigenvalue weighted by Crippen LogP contribution is 2.49. The minimum atomic E-state index is -4.39. The lowest BCUT2D eigenvalue weighted by Crippen LogP contribution is -2.48. The van der Waals surface area contributed by atoms with E-state index < -0.39 is 35.2 Å². The first-order chi connectivity index (χ1) is 24.1. The molecule has 274 valence electrons. The highest BCUT2D eigenvalue weighted by atomic mass is 35.5. The number of hydrogen-bond acceptors (Lipinski definition) is 9. The van der Waals surface area contributed by atoms with Gasteiger partial charge < -0.3 is 29.5 Å². The van der Waals surface area contributed by atoms with Gasteiger partial charge >= 0.3 is 24.1 Å². The van der Waals surface area contributed by atoms with Gasteiger partial charge in [-0.15, -0.1) is 0 Å². The number of carbonyl (C=O) groups excluding carboxylic acids is 1. The second kappa shape index (κ2) is 17.8. The number of benzene rings is 3. The van der Waals surface area contributed by atoms with Crippen LogP contribution in [0.2, 0.25) is 5.02 Å². The van der Waals surface area contributed by atoms with Crippen molar-refractivity contribution in [2.45, 2.75) is 41.8 Å². The molecule has 0 spiro atoms. The van der Waals surface area contributed by atoms with Crippen LogP contribution in [0.4, 0.5) is 24.5 Å². The van der Waals surface area contributed by atoms with Crippen LogP contribution in [-0.2, 0) is 25.3 Å². The quantitative estimate of drug-likeness (QED) is 0.146. The van der Waals surface area contributed by atoms with Gasteiger partial charge in [0, 0.05) is 66.2 Å². The van der Waals surface area contributed by atoms with Gasteiger partial charge in [-0.05, 0) is 81.4 Å². The van der Waals surface area contributed by atoms with Gasteiger partial charge in [-0.3, -0.25) is 4.90 Å². The zero-order valence-corrected chi connectivity index (χ0v) is 29.6. The Morgan fingerprint density at radius 1 is 0.824 bits per heavy atom. The van der Waals surface area contributed by atoms with Gasteiger partial charge in [-0.2, -0.15) is 13.2 Å². The summed E-state index contributed by atoms with van der Waals surface area (Å²) in [5.41, 5.74) is -0.203. The van der Waals surface area contributed by atoms with E-state index in [4.69, 9.17) is 31.3 Å². The highest BCUT2D eigenvalue weighted by molar-refractivity contribution is 7.99. The van der Waals surface area contributed by atoms with Crippen molar-refractivity contribution in [2.24, 2.45) is 0 Å². The van der Waals surface area contributed by atoms with E-state index in [9.17, 15) is 27.6 Å². The van der Waals surface area contributed by atoms with E-state index in [2.05, 4.69) is 9.80 Å². The summed E-state index contributed by atoms with van der Waals surface area (Å²) in [5, 5.41) is 16.2. The second-order valence-electron chi connectivity index (χ2n) is 12.2. The molecule has 51 heavy (non-hydrogen) atoms. The van der Waals surface area contributed by atoms with E-state index in [-0.39, 0.29) is 6.61 Å². The Balaban J connectivity index is 0.000000652. The number of esters is 1. The summed E-state index contributed by atoms with van der Waals surface area (Å²) in [5.74, 6) is -2.40. The van der Waals surface area contributed by atoms with Crippen molar-refractivity contribution in [3.63, 3.8) is 0 Å². The van der Waals surface area contributed by atoms with Crippen molar-refractivity contribution in [3.8, 4) is 5.75 Å². The van der Waals surface area contributed by atoms with Crippen LogP contribution in [0.25, 0.3) is 0 Å². The van der Waals surface area contributed by atoms with Crippen LogP contribution < -0.4 is 9.64 Å². The van der Waals surface area contributed by atoms with Crippen LogP contribution >= 0.6 is 23.4 Å². The molecule has 2 aliphatic heterocycles. The summed E-state index contributed by atoms with van der Waals surface area (Å²) in [7, 11) is 0. The van der Waals surface area contributed by atoms with E-state index in [0.29, 0.717) is 41.7 Å². The number of para-hydroxylation sites is 1. The monoisotopic (exact) mass is 749 g/mol. The molecular weight excluding hydrogens is 711 g/mol. The molecule has 5 rings (SSSR count). The molecule has 0 radical (unpaired) electrons. The van der Waals surface area contributed by atoms with E-state index in [1.807, 2.05) is 29.2 Å². The Morgan fingerprint density at radius 3 is 2.02 bits per heavy atom. The summed E-state index contributed by atoms with van der Waals surface area (Å²) in [6.07, 6.45) is -2.46. The average Bonchev–Trinajstić information content (AvgIpc) is 3.08. The molecule has 3 aromatic rings. The molecule has 0 aromatic heterocycles. The SMILES string of the molecule is CC(C)(Oc1ccc(Cl)cc1)C(=O)OCCN1CCN(CCCN2c3ccccc3Sc3ccc(C(F)(F)F)cc32)CC1.O=C(O)/C=C/C(=O)O. The van der Waals surface area contributed by atoms with Crippen LogP contribution in [0, 0.1) is 0 Å². The van der Waals surface area contributed by atoms with Crippen LogP contribution in [-0.4, -0.2) is 95.9 Å². The first kappa shape index (κ1) is 39.5.